The Morgan fingerprint density at radius 3 is 2.26 bits per heavy atom. The first-order chi connectivity index (χ1) is 8.88. The highest BCUT2D eigenvalue weighted by atomic mass is 32.2. The third kappa shape index (κ3) is 3.05. The largest absolute Gasteiger partial charge is 0.280 e. The van der Waals surface area contributed by atoms with Crippen LogP contribution in [0.1, 0.15) is 0 Å². The Bertz CT molecular complexity index is 717. The smallest absolute Gasteiger partial charge is 0.262 e. The summed E-state index contributed by atoms with van der Waals surface area (Å²) in [5, 5.41) is 0. The third-order valence-corrected chi connectivity index (χ3v) is 3.66. The molecule has 100 valence electrons. The molecule has 0 unspecified atom stereocenters. The highest BCUT2D eigenvalue weighted by molar-refractivity contribution is 7.92. The van der Waals surface area contributed by atoms with Gasteiger partial charge in [0.2, 0.25) is 0 Å². The molecule has 0 fully saturated rings. The molecule has 2 aromatic rings. The van der Waals surface area contributed by atoms with Gasteiger partial charge in [-0.25, -0.2) is 21.6 Å². The van der Waals surface area contributed by atoms with E-state index >= 15 is 0 Å². The number of nitrogens with one attached hydrogen (secondary N) is 1. The van der Waals surface area contributed by atoms with Crippen molar-refractivity contribution in [3.8, 4) is 0 Å². The molecular formula is C12H8F3NO2S. The Kier molecular flexibility index (Phi) is 3.48. The van der Waals surface area contributed by atoms with Gasteiger partial charge in [-0.05, 0) is 36.4 Å². The van der Waals surface area contributed by atoms with E-state index < -0.39 is 32.4 Å². The zero-order chi connectivity index (χ0) is 14.0. The monoisotopic (exact) mass is 287 g/mol. The minimum atomic E-state index is -4.09. The summed E-state index contributed by atoms with van der Waals surface area (Å²) in [7, 11) is -4.09. The standard InChI is InChI=1S/C12H8F3NO2S/c13-8-2-1-3-9(6-8)16-19(17,18)10-4-5-11(14)12(15)7-10/h1-7,16H. The van der Waals surface area contributed by atoms with E-state index in [4.69, 9.17) is 0 Å². The number of rotatable bonds is 3. The Hall–Kier alpha value is -2.02. The Morgan fingerprint density at radius 2 is 1.63 bits per heavy atom. The second-order valence-electron chi connectivity index (χ2n) is 3.69. The quantitative estimate of drug-likeness (QED) is 0.943. The van der Waals surface area contributed by atoms with Crippen molar-refractivity contribution < 1.29 is 21.6 Å². The first kappa shape index (κ1) is 13.4. The normalized spacial score (nSPS) is 11.3. The molecule has 0 aliphatic carbocycles. The van der Waals surface area contributed by atoms with Crippen LogP contribution in [-0.2, 0) is 10.0 Å². The highest BCUT2D eigenvalue weighted by Gasteiger charge is 2.16. The van der Waals surface area contributed by atoms with Crippen LogP contribution in [-0.4, -0.2) is 8.42 Å². The van der Waals surface area contributed by atoms with Gasteiger partial charge in [0.25, 0.3) is 10.0 Å². The molecule has 0 radical (unpaired) electrons. The fourth-order valence-electron chi connectivity index (χ4n) is 1.41. The van der Waals surface area contributed by atoms with Gasteiger partial charge in [-0.15, -0.1) is 0 Å². The molecule has 2 rings (SSSR count). The summed E-state index contributed by atoms with van der Waals surface area (Å²) >= 11 is 0. The van der Waals surface area contributed by atoms with Crippen LogP contribution in [0.5, 0.6) is 0 Å². The van der Waals surface area contributed by atoms with E-state index in [-0.39, 0.29) is 5.69 Å². The molecule has 7 heteroatoms. The first-order valence-electron chi connectivity index (χ1n) is 5.12. The van der Waals surface area contributed by atoms with Crippen LogP contribution < -0.4 is 4.72 Å². The van der Waals surface area contributed by atoms with Crippen LogP contribution in [0, 0.1) is 17.5 Å². The van der Waals surface area contributed by atoms with Gasteiger partial charge in [-0.2, -0.15) is 0 Å². The number of hydrogen-bond acceptors (Lipinski definition) is 2. The highest BCUT2D eigenvalue weighted by Crippen LogP contribution is 2.18. The summed E-state index contributed by atoms with van der Waals surface area (Å²) in [5.41, 5.74) is -0.00951. The van der Waals surface area contributed by atoms with Crippen molar-refractivity contribution in [2.75, 3.05) is 4.72 Å². The lowest BCUT2D eigenvalue weighted by Crippen LogP contribution is -2.13. The number of sulfonamides is 1. The van der Waals surface area contributed by atoms with Gasteiger partial charge in [0.15, 0.2) is 11.6 Å². The molecule has 0 aliphatic heterocycles. The molecular weight excluding hydrogens is 279 g/mol. The summed E-state index contributed by atoms with van der Waals surface area (Å²) < 4.78 is 64.4. The zero-order valence-electron chi connectivity index (χ0n) is 9.40. The predicted octanol–water partition coefficient (Wildman–Crippen LogP) is 2.90. The van der Waals surface area contributed by atoms with E-state index in [0.717, 1.165) is 18.2 Å². The average Bonchev–Trinajstić information content (AvgIpc) is 2.32. The molecule has 0 aromatic heterocycles. The van der Waals surface area contributed by atoms with Gasteiger partial charge >= 0.3 is 0 Å². The molecule has 0 aliphatic rings. The second kappa shape index (κ2) is 4.93. The van der Waals surface area contributed by atoms with E-state index in [0.29, 0.717) is 12.1 Å². The summed E-state index contributed by atoms with van der Waals surface area (Å²) in [4.78, 5) is -0.448. The van der Waals surface area contributed by atoms with E-state index in [2.05, 4.69) is 4.72 Å². The third-order valence-electron chi connectivity index (χ3n) is 2.28. The number of halogens is 3. The lowest BCUT2D eigenvalue weighted by atomic mass is 10.3. The summed E-state index contributed by atoms with van der Waals surface area (Å²) in [6.45, 7) is 0. The average molecular weight is 287 g/mol. The van der Waals surface area contributed by atoms with E-state index in [9.17, 15) is 21.6 Å². The topological polar surface area (TPSA) is 46.2 Å². The first-order valence-corrected chi connectivity index (χ1v) is 6.60. The summed E-state index contributed by atoms with van der Waals surface area (Å²) in [5.74, 6) is -3.04. The molecule has 0 saturated carbocycles. The maximum absolute atomic E-state index is 13.0. The van der Waals surface area contributed by atoms with Crippen molar-refractivity contribution in [2.24, 2.45) is 0 Å². The van der Waals surface area contributed by atoms with Crippen LogP contribution in [0.25, 0.3) is 0 Å². The van der Waals surface area contributed by atoms with E-state index in [1.807, 2.05) is 0 Å². The van der Waals surface area contributed by atoms with Crippen LogP contribution in [0.15, 0.2) is 47.4 Å². The van der Waals surface area contributed by atoms with Crippen LogP contribution in [0.3, 0.4) is 0 Å². The van der Waals surface area contributed by atoms with E-state index in [1.165, 1.54) is 12.1 Å². The Morgan fingerprint density at radius 1 is 0.895 bits per heavy atom. The van der Waals surface area contributed by atoms with Gasteiger partial charge < -0.3 is 0 Å². The maximum Gasteiger partial charge on any atom is 0.262 e. The van der Waals surface area contributed by atoms with Gasteiger partial charge in [-0.1, -0.05) is 6.07 Å². The minimum Gasteiger partial charge on any atom is -0.280 e. The fourth-order valence-corrected chi connectivity index (χ4v) is 2.47. The molecule has 19 heavy (non-hydrogen) atoms. The van der Waals surface area contributed by atoms with Crippen molar-refractivity contribution in [2.45, 2.75) is 4.90 Å². The van der Waals surface area contributed by atoms with Crippen LogP contribution >= 0.6 is 0 Å². The molecule has 0 spiro atoms. The van der Waals surface area contributed by atoms with Crippen molar-refractivity contribution in [3.05, 3.63) is 59.9 Å². The van der Waals surface area contributed by atoms with Gasteiger partial charge in [0.05, 0.1) is 10.6 Å². The van der Waals surface area contributed by atoms with E-state index in [1.54, 1.807) is 0 Å². The van der Waals surface area contributed by atoms with Crippen molar-refractivity contribution in [1.82, 2.24) is 0 Å². The second-order valence-corrected chi connectivity index (χ2v) is 5.37. The van der Waals surface area contributed by atoms with Gasteiger partial charge in [0, 0.05) is 0 Å². The zero-order valence-corrected chi connectivity index (χ0v) is 10.2. The SMILES string of the molecule is O=S(=O)(Nc1cccc(F)c1)c1ccc(F)c(F)c1. The van der Waals surface area contributed by atoms with Crippen LogP contribution in [0.4, 0.5) is 18.9 Å². The Labute approximate surface area is 107 Å². The lowest BCUT2D eigenvalue weighted by Gasteiger charge is -2.08. The van der Waals surface area contributed by atoms with Gasteiger partial charge in [0.1, 0.15) is 5.82 Å². The fraction of sp³-hybridized carbons (Fsp3) is 0. The van der Waals surface area contributed by atoms with Gasteiger partial charge in [-0.3, -0.25) is 4.72 Å². The van der Waals surface area contributed by atoms with Crippen LogP contribution in [0.2, 0.25) is 0 Å². The minimum absolute atomic E-state index is 0.00951. The molecule has 1 N–H and O–H groups in total. The number of hydrogen-bond donors (Lipinski definition) is 1. The molecule has 0 heterocycles. The van der Waals surface area contributed by atoms with Crippen molar-refractivity contribution in [1.29, 1.82) is 0 Å². The number of benzene rings is 2. The summed E-state index contributed by atoms with van der Waals surface area (Å²) in [6, 6.07) is 6.94. The lowest BCUT2D eigenvalue weighted by molar-refractivity contribution is 0.504. The molecule has 3 nitrogen and oxygen atoms in total. The maximum atomic E-state index is 13.0. The molecule has 0 amide bonds. The summed E-state index contributed by atoms with van der Waals surface area (Å²) in [6.07, 6.45) is 0. The number of anilines is 1. The molecule has 2 aromatic carbocycles. The Balaban J connectivity index is 2.35. The van der Waals surface area contributed by atoms with Crippen molar-refractivity contribution in [3.63, 3.8) is 0 Å². The molecule has 0 atom stereocenters. The predicted molar refractivity (Wildman–Crippen MR) is 63.6 cm³/mol. The molecule has 0 bridgehead atoms. The van der Waals surface area contributed by atoms with Crippen molar-refractivity contribution >= 4 is 15.7 Å². The molecule has 0 saturated heterocycles.